The molecule has 0 spiro atoms. The summed E-state index contributed by atoms with van der Waals surface area (Å²) in [6.45, 7) is 2.79. The van der Waals surface area contributed by atoms with E-state index in [1.165, 1.54) is 0 Å². The van der Waals surface area contributed by atoms with E-state index in [1.807, 2.05) is 0 Å². The fourth-order valence-corrected chi connectivity index (χ4v) is 2.37. The third-order valence-corrected chi connectivity index (χ3v) is 3.85. The third kappa shape index (κ3) is 4.05. The highest BCUT2D eigenvalue weighted by atomic mass is 79.9. The number of hydrogen-bond acceptors (Lipinski definition) is 2. The molecule has 112 valence electrons. The number of aliphatic hydroxyl groups excluding tert-OH is 1. The SMILES string of the molecule is CCCCOc1ccc(C(O)c2cccc(Br)c2F)cc1. The van der Waals surface area contributed by atoms with E-state index in [-0.39, 0.29) is 5.56 Å². The van der Waals surface area contributed by atoms with Crippen molar-refractivity contribution in [1.82, 2.24) is 0 Å². The summed E-state index contributed by atoms with van der Waals surface area (Å²) in [5, 5.41) is 10.3. The minimum Gasteiger partial charge on any atom is -0.494 e. The lowest BCUT2D eigenvalue weighted by molar-refractivity contribution is 0.214. The Morgan fingerprint density at radius 1 is 1.19 bits per heavy atom. The second-order valence-corrected chi connectivity index (χ2v) is 5.67. The first-order chi connectivity index (χ1) is 10.1. The Morgan fingerprint density at radius 3 is 2.57 bits per heavy atom. The van der Waals surface area contributed by atoms with Gasteiger partial charge in [0.15, 0.2) is 0 Å². The summed E-state index contributed by atoms with van der Waals surface area (Å²) in [6.07, 6.45) is 1.10. The average molecular weight is 353 g/mol. The second kappa shape index (κ2) is 7.57. The number of hydrogen-bond donors (Lipinski definition) is 1. The fraction of sp³-hybridized carbons (Fsp3) is 0.294. The van der Waals surface area contributed by atoms with Crippen molar-refractivity contribution in [3.63, 3.8) is 0 Å². The van der Waals surface area contributed by atoms with Gasteiger partial charge in [-0.2, -0.15) is 0 Å². The lowest BCUT2D eigenvalue weighted by Gasteiger charge is -2.14. The first kappa shape index (κ1) is 16.0. The molecule has 1 atom stereocenters. The molecule has 0 aromatic heterocycles. The first-order valence-corrected chi connectivity index (χ1v) is 7.77. The molecule has 0 amide bonds. The summed E-state index contributed by atoms with van der Waals surface area (Å²) < 4.78 is 19.9. The van der Waals surface area contributed by atoms with Crippen molar-refractivity contribution in [3.05, 3.63) is 63.9 Å². The summed E-state index contributed by atoms with van der Waals surface area (Å²) in [5.74, 6) is 0.322. The van der Waals surface area contributed by atoms with Crippen molar-refractivity contribution >= 4 is 15.9 Å². The van der Waals surface area contributed by atoms with Crippen molar-refractivity contribution in [2.45, 2.75) is 25.9 Å². The van der Waals surface area contributed by atoms with Crippen LogP contribution in [0.4, 0.5) is 4.39 Å². The maximum Gasteiger partial charge on any atom is 0.143 e. The Hall–Kier alpha value is -1.39. The highest BCUT2D eigenvalue weighted by Crippen LogP contribution is 2.29. The van der Waals surface area contributed by atoms with Crippen LogP contribution < -0.4 is 4.74 Å². The van der Waals surface area contributed by atoms with E-state index in [4.69, 9.17) is 4.74 Å². The van der Waals surface area contributed by atoms with Crippen molar-refractivity contribution in [3.8, 4) is 5.75 Å². The van der Waals surface area contributed by atoms with E-state index in [2.05, 4.69) is 22.9 Å². The van der Waals surface area contributed by atoms with Gasteiger partial charge in [-0.15, -0.1) is 0 Å². The van der Waals surface area contributed by atoms with Gasteiger partial charge in [0.25, 0.3) is 0 Å². The van der Waals surface area contributed by atoms with E-state index in [1.54, 1.807) is 42.5 Å². The number of rotatable bonds is 6. The van der Waals surface area contributed by atoms with E-state index in [9.17, 15) is 9.50 Å². The summed E-state index contributed by atoms with van der Waals surface area (Å²) in [6, 6.07) is 12.0. The maximum atomic E-state index is 14.0. The normalized spacial score (nSPS) is 12.2. The molecule has 0 heterocycles. The van der Waals surface area contributed by atoms with Crippen LogP contribution >= 0.6 is 15.9 Å². The topological polar surface area (TPSA) is 29.5 Å². The summed E-state index contributed by atoms with van der Waals surface area (Å²) >= 11 is 3.13. The van der Waals surface area contributed by atoms with Crippen LogP contribution in [0.2, 0.25) is 0 Å². The monoisotopic (exact) mass is 352 g/mol. The van der Waals surface area contributed by atoms with Crippen LogP contribution in [0.25, 0.3) is 0 Å². The maximum absolute atomic E-state index is 14.0. The molecule has 0 aliphatic rings. The molecule has 1 N–H and O–H groups in total. The van der Waals surface area contributed by atoms with Gasteiger partial charge in [0.05, 0.1) is 11.1 Å². The molecule has 4 heteroatoms. The molecule has 0 saturated heterocycles. The summed E-state index contributed by atoms with van der Waals surface area (Å²) in [5.41, 5.74) is 0.888. The summed E-state index contributed by atoms with van der Waals surface area (Å²) in [4.78, 5) is 0. The molecule has 2 aromatic rings. The average Bonchev–Trinajstić information content (AvgIpc) is 2.50. The Bertz CT molecular complexity index is 584. The number of halogens is 2. The van der Waals surface area contributed by atoms with Crippen LogP contribution in [0, 0.1) is 5.82 Å². The van der Waals surface area contributed by atoms with Gasteiger partial charge in [-0.3, -0.25) is 0 Å². The van der Waals surface area contributed by atoms with Crippen LogP contribution in [0.5, 0.6) is 5.75 Å². The van der Waals surface area contributed by atoms with Crippen molar-refractivity contribution in [2.75, 3.05) is 6.61 Å². The molecule has 2 nitrogen and oxygen atoms in total. The van der Waals surface area contributed by atoms with Gasteiger partial charge in [-0.05, 0) is 46.1 Å². The van der Waals surface area contributed by atoms with Crippen LogP contribution in [0.1, 0.15) is 37.0 Å². The van der Waals surface area contributed by atoms with Gasteiger partial charge in [0, 0.05) is 5.56 Å². The zero-order valence-corrected chi connectivity index (χ0v) is 13.4. The first-order valence-electron chi connectivity index (χ1n) is 6.98. The fourth-order valence-electron chi connectivity index (χ4n) is 1.99. The number of benzene rings is 2. The number of aliphatic hydroxyl groups is 1. The van der Waals surface area contributed by atoms with E-state index in [0.717, 1.165) is 18.6 Å². The Balaban J connectivity index is 2.12. The zero-order valence-electron chi connectivity index (χ0n) is 11.9. The van der Waals surface area contributed by atoms with Crippen LogP contribution in [-0.4, -0.2) is 11.7 Å². The van der Waals surface area contributed by atoms with Crippen LogP contribution in [0.3, 0.4) is 0 Å². The Kier molecular flexibility index (Phi) is 5.76. The molecule has 0 saturated carbocycles. The predicted octanol–water partition coefficient (Wildman–Crippen LogP) is 4.85. The molecular weight excluding hydrogens is 335 g/mol. The third-order valence-electron chi connectivity index (χ3n) is 3.24. The minimum absolute atomic E-state index is 0.254. The van der Waals surface area contributed by atoms with Gasteiger partial charge in [0.2, 0.25) is 0 Å². The van der Waals surface area contributed by atoms with Crippen molar-refractivity contribution in [2.24, 2.45) is 0 Å². The second-order valence-electron chi connectivity index (χ2n) is 4.82. The number of ether oxygens (including phenoxy) is 1. The smallest absolute Gasteiger partial charge is 0.143 e. The van der Waals surface area contributed by atoms with E-state index < -0.39 is 11.9 Å². The molecule has 21 heavy (non-hydrogen) atoms. The molecule has 0 bridgehead atoms. The van der Waals surface area contributed by atoms with Crippen molar-refractivity contribution in [1.29, 1.82) is 0 Å². The Labute approximate surface area is 132 Å². The molecule has 0 fully saturated rings. The molecule has 2 aromatic carbocycles. The predicted molar refractivity (Wildman–Crippen MR) is 85.0 cm³/mol. The molecule has 2 rings (SSSR count). The highest BCUT2D eigenvalue weighted by Gasteiger charge is 2.16. The van der Waals surface area contributed by atoms with Crippen LogP contribution in [0.15, 0.2) is 46.9 Å². The standard InChI is InChI=1S/C17H18BrFO2/c1-2-3-11-21-13-9-7-12(8-10-13)17(20)14-5-4-6-15(18)16(14)19/h4-10,17,20H,2-3,11H2,1H3. The summed E-state index contributed by atoms with van der Waals surface area (Å²) in [7, 11) is 0. The van der Waals surface area contributed by atoms with E-state index >= 15 is 0 Å². The molecule has 1 unspecified atom stereocenters. The molecule has 0 aliphatic carbocycles. The molecule has 0 radical (unpaired) electrons. The zero-order chi connectivity index (χ0) is 15.2. The van der Waals surface area contributed by atoms with Crippen LogP contribution in [-0.2, 0) is 0 Å². The quantitative estimate of drug-likeness (QED) is 0.753. The van der Waals surface area contributed by atoms with Gasteiger partial charge >= 0.3 is 0 Å². The van der Waals surface area contributed by atoms with Crippen molar-refractivity contribution < 1.29 is 14.2 Å². The van der Waals surface area contributed by atoms with Gasteiger partial charge < -0.3 is 9.84 Å². The lowest BCUT2D eigenvalue weighted by Crippen LogP contribution is -2.03. The molecule has 0 aliphatic heterocycles. The van der Waals surface area contributed by atoms with Gasteiger partial charge in [0.1, 0.15) is 17.7 Å². The lowest BCUT2D eigenvalue weighted by atomic mass is 10.0. The molecular formula is C17H18BrFO2. The highest BCUT2D eigenvalue weighted by molar-refractivity contribution is 9.10. The minimum atomic E-state index is -0.993. The van der Waals surface area contributed by atoms with Gasteiger partial charge in [-0.1, -0.05) is 37.6 Å². The van der Waals surface area contributed by atoms with Gasteiger partial charge in [-0.25, -0.2) is 4.39 Å². The number of unbranched alkanes of at least 4 members (excludes halogenated alkanes) is 1. The van der Waals surface area contributed by atoms with E-state index in [0.29, 0.717) is 16.6 Å². The Morgan fingerprint density at radius 2 is 1.90 bits per heavy atom. The largest absolute Gasteiger partial charge is 0.494 e.